The third kappa shape index (κ3) is 4.61. The van der Waals surface area contributed by atoms with Gasteiger partial charge >= 0.3 is 5.97 Å². The summed E-state index contributed by atoms with van der Waals surface area (Å²) >= 11 is 0. The minimum absolute atomic E-state index is 0.0793. The monoisotopic (exact) mass is 199 g/mol. The van der Waals surface area contributed by atoms with Gasteiger partial charge in [-0.25, -0.2) is 0 Å². The Kier molecular flexibility index (Phi) is 3.93. The first-order chi connectivity index (χ1) is 6.47. The second kappa shape index (κ2) is 4.78. The number of ether oxygens (including phenoxy) is 1. The van der Waals surface area contributed by atoms with Crippen LogP contribution in [0.3, 0.4) is 0 Å². The molecule has 1 saturated heterocycles. The van der Waals surface area contributed by atoms with Crippen LogP contribution in [-0.4, -0.2) is 36.1 Å². The number of nitrogens with zero attached hydrogens (tertiary/aromatic N) is 1. The summed E-state index contributed by atoms with van der Waals surface area (Å²) in [6.45, 7) is 8.85. The number of carbonyl (C=O) groups excluding carboxylic acids is 1. The van der Waals surface area contributed by atoms with Crippen LogP contribution in [0.2, 0.25) is 0 Å². The molecule has 1 rings (SSSR count). The molecule has 0 radical (unpaired) electrons. The highest BCUT2D eigenvalue weighted by molar-refractivity contribution is 5.70. The Bertz CT molecular complexity index is 190. The fourth-order valence-electron chi connectivity index (χ4n) is 1.65. The maximum absolute atomic E-state index is 11.4. The Hall–Kier alpha value is -0.570. The molecular weight excluding hydrogens is 178 g/mol. The molecule has 3 heteroatoms. The van der Waals surface area contributed by atoms with E-state index in [1.54, 1.807) is 0 Å². The molecule has 0 N–H and O–H groups in total. The molecule has 3 nitrogen and oxygen atoms in total. The zero-order chi connectivity index (χ0) is 10.6. The second-order valence-electron chi connectivity index (χ2n) is 4.89. The molecule has 14 heavy (non-hydrogen) atoms. The van der Waals surface area contributed by atoms with E-state index in [1.165, 1.54) is 12.8 Å². The van der Waals surface area contributed by atoms with Crippen LogP contribution in [0.4, 0.5) is 0 Å². The largest absolute Gasteiger partial charge is 0.460 e. The van der Waals surface area contributed by atoms with Crippen LogP contribution in [0.25, 0.3) is 0 Å². The highest BCUT2D eigenvalue weighted by Crippen LogP contribution is 2.11. The summed E-state index contributed by atoms with van der Waals surface area (Å²) in [7, 11) is 0. The molecular formula is C11H21NO2. The van der Waals surface area contributed by atoms with Crippen LogP contribution < -0.4 is 0 Å². The van der Waals surface area contributed by atoms with E-state index in [1.807, 2.05) is 20.8 Å². The van der Waals surface area contributed by atoms with Crippen molar-refractivity contribution in [3.63, 3.8) is 0 Å². The van der Waals surface area contributed by atoms with Crippen LogP contribution in [0.1, 0.15) is 40.0 Å². The number of hydrogen-bond acceptors (Lipinski definition) is 3. The molecule has 0 unspecified atom stereocenters. The summed E-state index contributed by atoms with van der Waals surface area (Å²) in [6.07, 6.45) is 3.07. The average Bonchev–Trinajstić information content (AvgIpc) is 2.49. The molecule has 1 fully saturated rings. The van der Waals surface area contributed by atoms with Gasteiger partial charge in [0.05, 0.1) is 6.42 Å². The van der Waals surface area contributed by atoms with Gasteiger partial charge in [0, 0.05) is 6.54 Å². The minimum atomic E-state index is -0.345. The molecule has 0 amide bonds. The van der Waals surface area contributed by atoms with Crippen LogP contribution in [0, 0.1) is 0 Å². The van der Waals surface area contributed by atoms with E-state index in [0.717, 1.165) is 19.6 Å². The van der Waals surface area contributed by atoms with E-state index in [2.05, 4.69) is 4.90 Å². The molecule has 0 aromatic heterocycles. The third-order valence-corrected chi connectivity index (χ3v) is 2.25. The summed E-state index contributed by atoms with van der Waals surface area (Å²) in [5, 5.41) is 0. The lowest BCUT2D eigenvalue weighted by Gasteiger charge is -2.20. The first-order valence-electron chi connectivity index (χ1n) is 5.41. The van der Waals surface area contributed by atoms with Gasteiger partial charge < -0.3 is 9.64 Å². The van der Waals surface area contributed by atoms with Crippen molar-refractivity contribution in [3.8, 4) is 0 Å². The summed E-state index contributed by atoms with van der Waals surface area (Å²) in [5.74, 6) is -0.0793. The van der Waals surface area contributed by atoms with E-state index in [-0.39, 0.29) is 11.6 Å². The Morgan fingerprint density at radius 3 is 2.36 bits per heavy atom. The van der Waals surface area contributed by atoms with Gasteiger partial charge in [-0.05, 0) is 46.7 Å². The number of carbonyl (C=O) groups is 1. The normalized spacial score (nSPS) is 18.5. The molecule has 0 bridgehead atoms. The average molecular weight is 199 g/mol. The van der Waals surface area contributed by atoms with Crippen LogP contribution >= 0.6 is 0 Å². The number of rotatable bonds is 3. The van der Waals surface area contributed by atoms with Crippen LogP contribution in [0.5, 0.6) is 0 Å². The second-order valence-corrected chi connectivity index (χ2v) is 4.89. The summed E-state index contributed by atoms with van der Waals surface area (Å²) in [4.78, 5) is 13.7. The zero-order valence-corrected chi connectivity index (χ0v) is 9.51. The van der Waals surface area contributed by atoms with E-state index in [4.69, 9.17) is 4.74 Å². The van der Waals surface area contributed by atoms with Crippen LogP contribution in [0.15, 0.2) is 0 Å². The van der Waals surface area contributed by atoms with Crippen LogP contribution in [-0.2, 0) is 9.53 Å². The molecule has 0 saturated carbocycles. The molecule has 0 aromatic carbocycles. The quantitative estimate of drug-likeness (QED) is 0.649. The minimum Gasteiger partial charge on any atom is -0.460 e. The number of esters is 1. The standard InChI is InChI=1S/C11H21NO2/c1-11(2,3)14-10(13)6-9-12-7-4-5-8-12/h4-9H2,1-3H3. The molecule has 0 atom stereocenters. The lowest BCUT2D eigenvalue weighted by Crippen LogP contribution is -2.28. The van der Waals surface area contributed by atoms with Crippen molar-refractivity contribution in [2.75, 3.05) is 19.6 Å². The summed E-state index contributed by atoms with van der Waals surface area (Å²) in [5.41, 5.74) is -0.345. The molecule has 1 aliphatic heterocycles. The van der Waals surface area contributed by atoms with Crippen molar-refractivity contribution in [3.05, 3.63) is 0 Å². The maximum Gasteiger partial charge on any atom is 0.307 e. The molecule has 1 aliphatic rings. The molecule has 1 heterocycles. The number of hydrogen-bond donors (Lipinski definition) is 0. The fourth-order valence-corrected chi connectivity index (χ4v) is 1.65. The third-order valence-electron chi connectivity index (χ3n) is 2.25. The first-order valence-corrected chi connectivity index (χ1v) is 5.41. The molecule has 0 spiro atoms. The van der Waals surface area contributed by atoms with E-state index >= 15 is 0 Å². The summed E-state index contributed by atoms with van der Waals surface area (Å²) < 4.78 is 5.23. The smallest absolute Gasteiger partial charge is 0.307 e. The molecule has 0 aliphatic carbocycles. The Balaban J connectivity index is 2.14. The van der Waals surface area contributed by atoms with Crippen molar-refractivity contribution in [1.29, 1.82) is 0 Å². The van der Waals surface area contributed by atoms with Crippen molar-refractivity contribution in [2.45, 2.75) is 45.6 Å². The predicted molar refractivity (Wildman–Crippen MR) is 56.1 cm³/mol. The van der Waals surface area contributed by atoms with Gasteiger partial charge in [0.15, 0.2) is 0 Å². The van der Waals surface area contributed by atoms with Gasteiger partial charge in [-0.1, -0.05) is 0 Å². The van der Waals surface area contributed by atoms with E-state index < -0.39 is 0 Å². The van der Waals surface area contributed by atoms with Gasteiger partial charge in [0.2, 0.25) is 0 Å². The lowest BCUT2D eigenvalue weighted by molar-refractivity contribution is -0.155. The fraction of sp³-hybridized carbons (Fsp3) is 0.909. The Morgan fingerprint density at radius 1 is 1.29 bits per heavy atom. The van der Waals surface area contributed by atoms with Gasteiger partial charge in [0.25, 0.3) is 0 Å². The molecule has 82 valence electrons. The summed E-state index contributed by atoms with van der Waals surface area (Å²) in [6, 6.07) is 0. The van der Waals surface area contributed by atoms with Crippen molar-refractivity contribution in [1.82, 2.24) is 4.90 Å². The highest BCUT2D eigenvalue weighted by Gasteiger charge is 2.18. The zero-order valence-electron chi connectivity index (χ0n) is 9.51. The van der Waals surface area contributed by atoms with Gasteiger partial charge in [-0.15, -0.1) is 0 Å². The topological polar surface area (TPSA) is 29.5 Å². The first kappa shape index (κ1) is 11.5. The van der Waals surface area contributed by atoms with Gasteiger partial charge in [-0.3, -0.25) is 4.79 Å². The van der Waals surface area contributed by atoms with Crippen molar-refractivity contribution in [2.24, 2.45) is 0 Å². The molecule has 0 aromatic rings. The lowest BCUT2D eigenvalue weighted by atomic mass is 10.2. The SMILES string of the molecule is CC(C)(C)OC(=O)CCN1CCCC1. The van der Waals surface area contributed by atoms with Gasteiger partial charge in [-0.2, -0.15) is 0 Å². The number of likely N-dealkylation sites (tertiary alicyclic amines) is 1. The Morgan fingerprint density at radius 2 is 1.86 bits per heavy atom. The van der Waals surface area contributed by atoms with Gasteiger partial charge in [0.1, 0.15) is 5.60 Å². The van der Waals surface area contributed by atoms with Crippen molar-refractivity contribution < 1.29 is 9.53 Å². The Labute approximate surface area is 86.4 Å². The maximum atomic E-state index is 11.4. The predicted octanol–water partition coefficient (Wildman–Crippen LogP) is 1.81. The highest BCUT2D eigenvalue weighted by atomic mass is 16.6. The van der Waals surface area contributed by atoms with Crippen molar-refractivity contribution >= 4 is 5.97 Å². The van der Waals surface area contributed by atoms with E-state index in [9.17, 15) is 4.79 Å². The van der Waals surface area contributed by atoms with E-state index in [0.29, 0.717) is 6.42 Å².